The SMILES string of the molecule is N1=NC(=C2N=NN=[NH+]2)N=N1. The summed E-state index contributed by atoms with van der Waals surface area (Å²) in [6, 6.07) is 0. The summed E-state index contributed by atoms with van der Waals surface area (Å²) in [6.45, 7) is 0. The zero-order valence-corrected chi connectivity index (χ0v) is 4.63. The summed E-state index contributed by atoms with van der Waals surface area (Å²) in [5.74, 6) is 0.662. The van der Waals surface area contributed by atoms with E-state index < -0.39 is 0 Å². The van der Waals surface area contributed by atoms with Crippen LogP contribution >= 0.6 is 0 Å². The summed E-state index contributed by atoms with van der Waals surface area (Å²) in [7, 11) is 0. The molecule has 1 N–H and O–H groups in total. The van der Waals surface area contributed by atoms with Crippen LogP contribution in [0.2, 0.25) is 0 Å². The smallest absolute Gasteiger partial charge is 0.140 e. The standard InChI is InChI=1S/C2N8/c3-1(4-8-7-3)2-5-9-10-6-2/p+1. The van der Waals surface area contributed by atoms with E-state index in [4.69, 9.17) is 0 Å². The van der Waals surface area contributed by atoms with Crippen molar-refractivity contribution >= 4 is 0 Å². The average molecular weight is 137 g/mol. The van der Waals surface area contributed by atoms with Gasteiger partial charge in [-0.15, -0.1) is 5.11 Å². The Morgan fingerprint density at radius 2 is 1.70 bits per heavy atom. The molecule has 0 amide bonds. The van der Waals surface area contributed by atoms with Crippen LogP contribution in [0.5, 0.6) is 0 Å². The van der Waals surface area contributed by atoms with E-state index in [9.17, 15) is 0 Å². The molecule has 2 aliphatic heterocycles. The number of rotatable bonds is 0. The molecule has 48 valence electrons. The maximum absolute atomic E-state index is 3.54. The van der Waals surface area contributed by atoms with Gasteiger partial charge in [0, 0.05) is 0 Å². The molecular weight excluding hydrogens is 136 g/mol. The van der Waals surface area contributed by atoms with E-state index in [0.29, 0.717) is 11.6 Å². The second-order valence-electron chi connectivity index (χ2n) is 1.45. The molecule has 2 rings (SSSR count). The number of nitrogens with zero attached hydrogens (tertiary/aromatic N) is 7. The lowest BCUT2D eigenvalue weighted by Crippen LogP contribution is -2.60. The molecule has 0 aromatic rings. The van der Waals surface area contributed by atoms with Crippen LogP contribution in [0.15, 0.2) is 47.9 Å². The van der Waals surface area contributed by atoms with Gasteiger partial charge < -0.3 is 0 Å². The highest BCUT2D eigenvalue weighted by molar-refractivity contribution is 5.00. The molecule has 0 bridgehead atoms. The maximum Gasteiger partial charge on any atom is 0.373 e. The van der Waals surface area contributed by atoms with Crippen LogP contribution in [-0.2, 0) is 0 Å². The van der Waals surface area contributed by atoms with E-state index in [2.05, 4.69) is 41.4 Å². The summed E-state index contributed by atoms with van der Waals surface area (Å²) < 4.78 is 0. The van der Waals surface area contributed by atoms with Gasteiger partial charge in [-0.2, -0.15) is 0 Å². The molecule has 0 saturated carbocycles. The number of hydrogen-bond donors (Lipinski definition) is 1. The van der Waals surface area contributed by atoms with Crippen LogP contribution in [0.4, 0.5) is 0 Å². The molecule has 0 spiro atoms. The lowest BCUT2D eigenvalue weighted by Gasteiger charge is -1.73. The van der Waals surface area contributed by atoms with Crippen molar-refractivity contribution in [2.45, 2.75) is 0 Å². The number of hydrogen-bond acceptors (Lipinski definition) is 7. The predicted octanol–water partition coefficient (Wildman–Crippen LogP) is -0.140. The van der Waals surface area contributed by atoms with Gasteiger partial charge in [-0.1, -0.05) is 10.2 Å². The average Bonchev–Trinajstić information content (AvgIpc) is 2.59. The lowest BCUT2D eigenvalue weighted by molar-refractivity contribution is -0.472. The Morgan fingerprint density at radius 1 is 0.900 bits per heavy atom. The van der Waals surface area contributed by atoms with E-state index in [0.717, 1.165) is 0 Å². The molecule has 0 radical (unpaired) electrons. The fourth-order valence-electron chi connectivity index (χ4n) is 0.493. The van der Waals surface area contributed by atoms with E-state index >= 15 is 0 Å². The minimum Gasteiger partial charge on any atom is -0.140 e. The van der Waals surface area contributed by atoms with Gasteiger partial charge in [-0.3, -0.25) is 0 Å². The fraction of sp³-hybridized carbons (Fsp3) is 0. The van der Waals surface area contributed by atoms with Gasteiger partial charge in [0.15, 0.2) is 0 Å². The molecule has 2 aliphatic rings. The third-order valence-corrected chi connectivity index (χ3v) is 0.876. The Bertz CT molecular complexity index is 232. The van der Waals surface area contributed by atoms with Gasteiger partial charge in [0.05, 0.1) is 0 Å². The summed E-state index contributed by atoms with van der Waals surface area (Å²) >= 11 is 0. The Labute approximate surface area is 54.1 Å². The first kappa shape index (κ1) is 4.97. The van der Waals surface area contributed by atoms with Crippen molar-refractivity contribution in [1.29, 1.82) is 0 Å². The van der Waals surface area contributed by atoms with Gasteiger partial charge in [0.25, 0.3) is 5.82 Å². The van der Waals surface area contributed by atoms with Crippen molar-refractivity contribution in [3.63, 3.8) is 0 Å². The zero-order valence-electron chi connectivity index (χ0n) is 4.63. The highest BCUT2D eigenvalue weighted by Crippen LogP contribution is 2.11. The van der Waals surface area contributed by atoms with Gasteiger partial charge in [0.2, 0.25) is 5.22 Å². The van der Waals surface area contributed by atoms with Gasteiger partial charge in [0.1, 0.15) is 10.3 Å². The van der Waals surface area contributed by atoms with Crippen molar-refractivity contribution in [2.75, 3.05) is 0 Å². The van der Waals surface area contributed by atoms with Crippen LogP contribution in [0.25, 0.3) is 0 Å². The van der Waals surface area contributed by atoms with E-state index in [1.54, 1.807) is 0 Å². The van der Waals surface area contributed by atoms with E-state index in [1.165, 1.54) is 0 Å². The van der Waals surface area contributed by atoms with Gasteiger partial charge in [-0.05, 0) is 10.4 Å². The maximum atomic E-state index is 3.54. The summed E-state index contributed by atoms with van der Waals surface area (Å²) in [4.78, 5) is 0. The first-order valence-electron chi connectivity index (χ1n) is 2.39. The second-order valence-corrected chi connectivity index (χ2v) is 1.45. The molecule has 8 heteroatoms. The fourth-order valence-corrected chi connectivity index (χ4v) is 0.493. The molecule has 0 atom stereocenters. The van der Waals surface area contributed by atoms with Crippen LogP contribution in [-0.4, -0.2) is 0 Å². The van der Waals surface area contributed by atoms with E-state index in [-0.39, 0.29) is 0 Å². The van der Waals surface area contributed by atoms with Gasteiger partial charge in [-0.25, -0.2) is 0 Å². The van der Waals surface area contributed by atoms with Crippen molar-refractivity contribution in [3.8, 4) is 0 Å². The lowest BCUT2D eigenvalue weighted by atomic mass is 10.7. The molecule has 8 nitrogen and oxygen atoms in total. The van der Waals surface area contributed by atoms with Crippen molar-refractivity contribution in [3.05, 3.63) is 11.6 Å². The van der Waals surface area contributed by atoms with Crippen molar-refractivity contribution < 1.29 is 5.11 Å². The summed E-state index contributed by atoms with van der Waals surface area (Å²) in [5.41, 5.74) is 0. The first-order chi connectivity index (χ1) is 4.97. The molecule has 0 saturated heterocycles. The normalized spacial score (nSPS) is 20.0. The molecule has 2 heterocycles. The Balaban J connectivity index is 2.46. The summed E-state index contributed by atoms with van der Waals surface area (Å²) in [6.07, 6.45) is 0. The highest BCUT2D eigenvalue weighted by atomic mass is 15.6. The molecule has 0 aromatic carbocycles. The van der Waals surface area contributed by atoms with Crippen LogP contribution < -0.4 is 5.11 Å². The molecular formula is C2HN8+. The molecule has 0 fully saturated rings. The predicted molar refractivity (Wildman–Crippen MR) is 25.0 cm³/mol. The quantitative estimate of drug-likeness (QED) is 0.480. The minimum absolute atomic E-state index is 0.296. The number of nitrogens with one attached hydrogen (secondary N) is 1. The molecule has 0 aliphatic carbocycles. The van der Waals surface area contributed by atoms with Crippen LogP contribution in [0, 0.1) is 0 Å². The topological polar surface area (TPSA) is 100 Å². The Hall–Kier alpha value is -1.86. The largest absolute Gasteiger partial charge is 0.373 e. The highest BCUT2D eigenvalue weighted by Gasteiger charge is 2.18. The third-order valence-electron chi connectivity index (χ3n) is 0.876. The summed E-state index contributed by atoms with van der Waals surface area (Å²) in [5, 5.41) is 26.2. The van der Waals surface area contributed by atoms with Crippen molar-refractivity contribution in [1.82, 2.24) is 0 Å². The Kier molecular flexibility index (Phi) is 0.907. The molecule has 0 aromatic heterocycles. The molecule has 0 unspecified atom stereocenters. The zero-order chi connectivity index (χ0) is 6.81. The second kappa shape index (κ2) is 1.83. The van der Waals surface area contributed by atoms with Gasteiger partial charge >= 0.3 is 5.82 Å². The van der Waals surface area contributed by atoms with E-state index in [1.807, 2.05) is 0 Å². The molecule has 10 heavy (non-hydrogen) atoms. The van der Waals surface area contributed by atoms with Crippen LogP contribution in [0.3, 0.4) is 0 Å². The monoisotopic (exact) mass is 137 g/mol. The third kappa shape index (κ3) is 0.623. The first-order valence-corrected chi connectivity index (χ1v) is 2.39. The van der Waals surface area contributed by atoms with Crippen LogP contribution in [0.1, 0.15) is 0 Å². The Morgan fingerprint density at radius 3 is 2.30 bits per heavy atom. The minimum atomic E-state index is 0.296. The van der Waals surface area contributed by atoms with Crippen molar-refractivity contribution in [2.24, 2.45) is 36.2 Å².